The summed E-state index contributed by atoms with van der Waals surface area (Å²) in [6.07, 6.45) is 0. The van der Waals surface area contributed by atoms with Crippen molar-refractivity contribution in [3.8, 4) is 6.07 Å². The molecule has 0 heterocycles. The predicted molar refractivity (Wildman–Crippen MR) is 104 cm³/mol. The molecule has 0 aliphatic heterocycles. The quantitative estimate of drug-likeness (QED) is 0.682. The van der Waals surface area contributed by atoms with E-state index in [1.807, 2.05) is 38.1 Å². The highest BCUT2D eigenvalue weighted by molar-refractivity contribution is 9.10. The Bertz CT molecular complexity index is 933. The monoisotopic (exact) mass is 433 g/mol. The van der Waals surface area contributed by atoms with E-state index in [4.69, 9.17) is 4.74 Å². The molecule has 0 amide bonds. The van der Waals surface area contributed by atoms with Gasteiger partial charge in [-0.05, 0) is 43.7 Å². The van der Waals surface area contributed by atoms with Gasteiger partial charge in [0.15, 0.2) is 9.84 Å². The molecule has 2 aromatic rings. The fourth-order valence-electron chi connectivity index (χ4n) is 3.49. The lowest BCUT2D eigenvalue weighted by Gasteiger charge is -2.10. The van der Waals surface area contributed by atoms with Gasteiger partial charge < -0.3 is 4.74 Å². The second-order valence-electron chi connectivity index (χ2n) is 6.60. The zero-order valence-electron chi connectivity index (χ0n) is 14.6. The van der Waals surface area contributed by atoms with Crippen LogP contribution >= 0.6 is 15.9 Å². The fraction of sp³-hybridized carbons (Fsp3) is 0.350. The predicted octanol–water partition coefficient (Wildman–Crippen LogP) is 4.24. The molecule has 3 rings (SSSR count). The maximum absolute atomic E-state index is 13.3. The average molecular weight is 434 g/mol. The molecule has 1 aliphatic carbocycles. The van der Waals surface area contributed by atoms with Crippen molar-refractivity contribution in [2.45, 2.75) is 29.9 Å². The molecule has 6 heteroatoms. The second kappa shape index (κ2) is 7.15. The molecule has 26 heavy (non-hydrogen) atoms. The third-order valence-corrected chi connectivity index (χ3v) is 7.74. The van der Waals surface area contributed by atoms with Crippen molar-refractivity contribution >= 4 is 25.8 Å². The molecule has 1 fully saturated rings. The minimum Gasteiger partial charge on any atom is -0.380 e. The number of halogens is 1. The minimum atomic E-state index is -3.65. The van der Waals surface area contributed by atoms with Crippen LogP contribution in [-0.2, 0) is 14.6 Å². The normalized spacial score (nSPS) is 24.8. The minimum absolute atomic E-state index is 0.108. The van der Waals surface area contributed by atoms with E-state index in [-0.39, 0.29) is 11.5 Å². The molecule has 2 aromatic carbocycles. The van der Waals surface area contributed by atoms with Gasteiger partial charge in [-0.1, -0.05) is 45.8 Å². The van der Waals surface area contributed by atoms with Crippen LogP contribution in [0, 0.1) is 23.7 Å². The van der Waals surface area contributed by atoms with Crippen molar-refractivity contribution in [2.75, 3.05) is 13.2 Å². The van der Waals surface area contributed by atoms with Crippen molar-refractivity contribution < 1.29 is 13.2 Å². The Hall–Kier alpha value is -1.68. The van der Waals surface area contributed by atoms with E-state index in [0.717, 1.165) is 15.6 Å². The van der Waals surface area contributed by atoms with Gasteiger partial charge in [-0.2, -0.15) is 5.26 Å². The topological polar surface area (TPSA) is 67.2 Å². The summed E-state index contributed by atoms with van der Waals surface area (Å²) in [4.78, 5) is 0.254. The number of nitrogens with zero attached hydrogens (tertiary/aromatic N) is 1. The summed E-state index contributed by atoms with van der Waals surface area (Å²) >= 11 is 3.39. The lowest BCUT2D eigenvalue weighted by atomic mass is 10.0. The molecule has 0 unspecified atom stereocenters. The highest BCUT2D eigenvalue weighted by Crippen LogP contribution is 2.64. The van der Waals surface area contributed by atoms with Gasteiger partial charge in [-0.3, -0.25) is 0 Å². The van der Waals surface area contributed by atoms with Gasteiger partial charge in [0.25, 0.3) is 0 Å². The molecule has 0 spiro atoms. The molecule has 0 bridgehead atoms. The first kappa shape index (κ1) is 19.1. The molecule has 1 saturated carbocycles. The molecular weight excluding hydrogens is 414 g/mol. The Kier molecular flexibility index (Phi) is 5.25. The average Bonchev–Trinajstić information content (AvgIpc) is 3.31. The number of aryl methyl sites for hydroxylation is 1. The zero-order valence-corrected chi connectivity index (χ0v) is 17.0. The van der Waals surface area contributed by atoms with E-state index in [1.54, 1.807) is 24.3 Å². The summed E-state index contributed by atoms with van der Waals surface area (Å²) < 4.78 is 33.0. The van der Waals surface area contributed by atoms with E-state index >= 15 is 0 Å². The van der Waals surface area contributed by atoms with Crippen molar-refractivity contribution in [3.05, 3.63) is 64.1 Å². The van der Waals surface area contributed by atoms with Gasteiger partial charge in [-0.15, -0.1) is 0 Å². The third kappa shape index (κ3) is 3.20. The number of hydrogen-bond donors (Lipinski definition) is 0. The van der Waals surface area contributed by atoms with Crippen LogP contribution in [0.2, 0.25) is 0 Å². The molecule has 0 radical (unpaired) electrons. The van der Waals surface area contributed by atoms with Crippen LogP contribution in [0.4, 0.5) is 0 Å². The van der Waals surface area contributed by atoms with Crippen LogP contribution in [0.5, 0.6) is 0 Å². The van der Waals surface area contributed by atoms with E-state index in [0.29, 0.717) is 6.61 Å². The Balaban J connectivity index is 2.05. The summed E-state index contributed by atoms with van der Waals surface area (Å²) in [5.41, 5.74) is 0.772. The molecule has 0 N–H and O–H groups in total. The molecule has 0 aromatic heterocycles. The first-order valence-corrected chi connectivity index (χ1v) is 10.8. The Morgan fingerprint density at radius 3 is 2.31 bits per heavy atom. The van der Waals surface area contributed by atoms with Crippen LogP contribution < -0.4 is 0 Å². The number of ether oxygens (including phenoxy) is 1. The van der Waals surface area contributed by atoms with Crippen molar-refractivity contribution in [1.29, 1.82) is 5.26 Å². The number of hydrogen-bond acceptors (Lipinski definition) is 4. The summed E-state index contributed by atoms with van der Waals surface area (Å²) in [6, 6.07) is 16.5. The molecule has 3 atom stereocenters. The van der Waals surface area contributed by atoms with Gasteiger partial charge >= 0.3 is 0 Å². The SMILES string of the molecule is CCOC[C@]1(C#N)[C@@H](c2ccc(Br)cc2)[C@@H]1S(=O)(=O)c1ccc(C)cc1. The van der Waals surface area contributed by atoms with Gasteiger partial charge in [-0.25, -0.2) is 8.42 Å². The van der Waals surface area contributed by atoms with Gasteiger partial charge in [0, 0.05) is 17.0 Å². The maximum Gasteiger partial charge on any atom is 0.183 e. The Labute approximate surface area is 162 Å². The van der Waals surface area contributed by atoms with Gasteiger partial charge in [0.1, 0.15) is 5.41 Å². The molecular formula is C20H20BrNO3S. The Morgan fingerprint density at radius 2 is 1.77 bits per heavy atom. The van der Waals surface area contributed by atoms with Crippen LogP contribution in [0.3, 0.4) is 0 Å². The molecule has 4 nitrogen and oxygen atoms in total. The highest BCUT2D eigenvalue weighted by atomic mass is 79.9. The number of rotatable bonds is 6. The van der Waals surface area contributed by atoms with E-state index < -0.39 is 26.4 Å². The first-order chi connectivity index (χ1) is 12.4. The van der Waals surface area contributed by atoms with Crippen LogP contribution in [0.1, 0.15) is 24.0 Å². The lowest BCUT2D eigenvalue weighted by molar-refractivity contribution is 0.117. The summed E-state index contributed by atoms with van der Waals surface area (Å²) in [5.74, 6) is -0.404. The van der Waals surface area contributed by atoms with E-state index in [1.165, 1.54) is 0 Å². The second-order valence-corrected chi connectivity index (χ2v) is 9.58. The highest BCUT2D eigenvalue weighted by Gasteiger charge is 2.72. The first-order valence-electron chi connectivity index (χ1n) is 8.42. The Morgan fingerprint density at radius 1 is 1.15 bits per heavy atom. The van der Waals surface area contributed by atoms with Crippen molar-refractivity contribution in [2.24, 2.45) is 5.41 Å². The zero-order chi connectivity index (χ0) is 18.9. The largest absolute Gasteiger partial charge is 0.380 e. The number of nitriles is 1. The van der Waals surface area contributed by atoms with Crippen LogP contribution in [0.15, 0.2) is 57.9 Å². The van der Waals surface area contributed by atoms with E-state index in [2.05, 4.69) is 22.0 Å². The fourth-order valence-corrected chi connectivity index (χ4v) is 6.06. The molecule has 136 valence electrons. The van der Waals surface area contributed by atoms with Gasteiger partial charge in [0.2, 0.25) is 0 Å². The number of sulfone groups is 1. The van der Waals surface area contributed by atoms with Crippen LogP contribution in [-0.4, -0.2) is 26.9 Å². The van der Waals surface area contributed by atoms with Crippen molar-refractivity contribution in [1.82, 2.24) is 0 Å². The summed E-state index contributed by atoms with van der Waals surface area (Å²) in [5, 5.41) is 9.08. The number of benzene rings is 2. The lowest BCUT2D eigenvalue weighted by Crippen LogP contribution is -2.19. The summed E-state index contributed by atoms with van der Waals surface area (Å²) in [6.45, 7) is 4.29. The van der Waals surface area contributed by atoms with Gasteiger partial charge in [0.05, 0.1) is 22.8 Å². The smallest absolute Gasteiger partial charge is 0.183 e. The van der Waals surface area contributed by atoms with Crippen molar-refractivity contribution in [3.63, 3.8) is 0 Å². The third-order valence-electron chi connectivity index (χ3n) is 4.92. The van der Waals surface area contributed by atoms with Crippen LogP contribution in [0.25, 0.3) is 0 Å². The molecule has 1 aliphatic rings. The summed E-state index contributed by atoms with van der Waals surface area (Å²) in [7, 11) is -3.65. The molecule has 0 saturated heterocycles. The maximum atomic E-state index is 13.3. The van der Waals surface area contributed by atoms with E-state index in [9.17, 15) is 13.7 Å². The standard InChI is InChI=1S/C20H20BrNO3S/c1-3-25-13-20(12-22)18(15-6-8-16(21)9-7-15)19(20)26(23,24)17-10-4-14(2)5-11-17/h4-11,18-19H,3,13H2,1-2H3/t18-,19-,20+/m0/s1.